The largest absolute Gasteiger partial charge is 0.454 e. The highest BCUT2D eigenvalue weighted by Crippen LogP contribution is 2.54. The first-order valence-electron chi connectivity index (χ1n) is 10.5. The maximum Gasteiger partial charge on any atom is 0.454 e. The van der Waals surface area contributed by atoms with Gasteiger partial charge >= 0.3 is 18.5 Å². The van der Waals surface area contributed by atoms with Gasteiger partial charge in [0.05, 0.1) is 22.8 Å². The van der Waals surface area contributed by atoms with Gasteiger partial charge in [0.15, 0.2) is 0 Å². The van der Waals surface area contributed by atoms with E-state index < -0.39 is 57.4 Å². The third kappa shape index (κ3) is 4.48. The number of carbonyl (C=O) groups is 2. The summed E-state index contributed by atoms with van der Waals surface area (Å²) in [4.78, 5) is 27.4. The van der Waals surface area contributed by atoms with Crippen LogP contribution in [-0.2, 0) is 0 Å². The summed E-state index contributed by atoms with van der Waals surface area (Å²) >= 11 is 0.471. The lowest BCUT2D eigenvalue weighted by Crippen LogP contribution is -2.32. The molecule has 2 aliphatic heterocycles. The smallest absolute Gasteiger partial charge is 0.370 e. The van der Waals surface area contributed by atoms with E-state index in [2.05, 4.69) is 0 Å². The van der Waals surface area contributed by atoms with Crippen LogP contribution in [-0.4, -0.2) is 56.1 Å². The van der Waals surface area contributed by atoms with E-state index in [1.165, 1.54) is 16.8 Å². The number of halogens is 9. The molecule has 36 heavy (non-hydrogen) atoms. The maximum atomic E-state index is 13.8. The van der Waals surface area contributed by atoms with Crippen LogP contribution in [0.1, 0.15) is 44.4 Å². The van der Waals surface area contributed by atoms with Crippen molar-refractivity contribution in [2.24, 2.45) is 0 Å². The predicted molar refractivity (Wildman–Crippen MR) is 116 cm³/mol. The maximum absolute atomic E-state index is 13.8. The van der Waals surface area contributed by atoms with Crippen LogP contribution in [0, 0.1) is 0 Å². The first-order valence-corrected chi connectivity index (χ1v) is 11.6. The van der Waals surface area contributed by atoms with Gasteiger partial charge in [-0.15, -0.1) is 11.8 Å². The molecular formula is C22H17F9N2O2S. The molecule has 0 aromatic heterocycles. The summed E-state index contributed by atoms with van der Waals surface area (Å²) in [6, 6.07) is 2.20. The Morgan fingerprint density at radius 3 is 1.94 bits per heavy atom. The highest BCUT2D eigenvalue weighted by molar-refractivity contribution is 7.99. The van der Waals surface area contributed by atoms with E-state index in [4.69, 9.17) is 0 Å². The Labute approximate surface area is 202 Å². The van der Waals surface area contributed by atoms with Gasteiger partial charge in [0.1, 0.15) is 5.25 Å². The van der Waals surface area contributed by atoms with Crippen molar-refractivity contribution in [1.29, 1.82) is 0 Å². The molecule has 14 heteroatoms. The molecular weight excluding hydrogens is 527 g/mol. The molecule has 0 N–H and O–H groups in total. The molecule has 196 valence electrons. The van der Waals surface area contributed by atoms with E-state index in [1.54, 1.807) is 0 Å². The summed E-state index contributed by atoms with van der Waals surface area (Å²) < 4.78 is 122. The van der Waals surface area contributed by atoms with Crippen LogP contribution in [0.4, 0.5) is 50.9 Å². The first-order chi connectivity index (χ1) is 16.5. The van der Waals surface area contributed by atoms with Crippen LogP contribution >= 0.6 is 11.8 Å². The number of hydrogen-bond acceptors (Lipinski definition) is 5. The number of ketones is 2. The number of fused-ring (bicyclic) bond motifs is 3. The van der Waals surface area contributed by atoms with Crippen LogP contribution in [0.15, 0.2) is 18.2 Å². The summed E-state index contributed by atoms with van der Waals surface area (Å²) in [5.74, 6) is -5.31. The second-order valence-electron chi connectivity index (χ2n) is 8.51. The van der Waals surface area contributed by atoms with E-state index in [-0.39, 0.29) is 41.8 Å². The summed E-state index contributed by atoms with van der Waals surface area (Å²) in [5.41, 5.74) is -3.56. The fraction of sp³-hybridized carbons (Fsp3) is 0.455. The lowest BCUT2D eigenvalue weighted by Gasteiger charge is -2.36. The van der Waals surface area contributed by atoms with Crippen LogP contribution in [0.3, 0.4) is 0 Å². The number of Topliss-reactive ketones (excluding diaryl/α,β-unsaturated/α-hetero) is 2. The SMILES string of the molecule is CN1CSC(C(F)(F)F)c2ccc3c(N4CCCC4)c(C(=O)C(F)(F)F)cc(C(=O)C(F)(F)F)c3c21. The van der Waals surface area contributed by atoms with Crippen LogP contribution in [0.25, 0.3) is 10.8 Å². The molecule has 0 spiro atoms. The van der Waals surface area contributed by atoms with Gasteiger partial charge in [0.25, 0.3) is 11.6 Å². The quantitative estimate of drug-likeness (QED) is 0.319. The second kappa shape index (κ2) is 8.73. The molecule has 1 unspecified atom stereocenters. The molecule has 0 radical (unpaired) electrons. The van der Waals surface area contributed by atoms with Crippen molar-refractivity contribution in [3.8, 4) is 0 Å². The zero-order chi connectivity index (χ0) is 26.8. The van der Waals surface area contributed by atoms with Gasteiger partial charge in [0, 0.05) is 36.5 Å². The van der Waals surface area contributed by atoms with Gasteiger partial charge < -0.3 is 9.80 Å². The Morgan fingerprint density at radius 2 is 1.42 bits per heavy atom. The van der Waals surface area contributed by atoms with E-state index in [0.29, 0.717) is 24.6 Å². The molecule has 2 aromatic carbocycles. The zero-order valence-corrected chi connectivity index (χ0v) is 19.2. The molecule has 0 aliphatic carbocycles. The number of thioether (sulfide) groups is 1. The van der Waals surface area contributed by atoms with Crippen molar-refractivity contribution >= 4 is 45.5 Å². The van der Waals surface area contributed by atoms with Gasteiger partial charge in [-0.05, 0) is 24.5 Å². The second-order valence-corrected chi connectivity index (χ2v) is 9.57. The molecule has 1 atom stereocenters. The molecule has 2 aliphatic rings. The standard InChI is InChI=1S/C22H17F9N2O2S/c1-32-9-36-19(22(29,30)31)11-5-4-10-14(16(11)32)12(17(34)20(23,24)25)8-13(18(35)21(26,27)28)15(10)33-6-2-3-7-33/h4-5,8,19H,2-3,6-7,9H2,1H3. The number of hydrogen-bond donors (Lipinski definition) is 0. The van der Waals surface area contributed by atoms with Crippen molar-refractivity contribution in [2.45, 2.75) is 36.6 Å². The van der Waals surface area contributed by atoms with Crippen molar-refractivity contribution in [2.75, 3.05) is 35.8 Å². The molecule has 2 aromatic rings. The Morgan fingerprint density at radius 1 is 0.861 bits per heavy atom. The van der Waals surface area contributed by atoms with Gasteiger partial charge in [-0.3, -0.25) is 9.59 Å². The molecule has 1 fully saturated rings. The number of alkyl halides is 9. The Hall–Kier alpha value is -2.64. The zero-order valence-electron chi connectivity index (χ0n) is 18.4. The van der Waals surface area contributed by atoms with E-state index in [9.17, 15) is 49.1 Å². The third-order valence-electron chi connectivity index (χ3n) is 6.10. The van der Waals surface area contributed by atoms with Crippen molar-refractivity contribution in [3.05, 3.63) is 34.9 Å². The molecule has 4 nitrogen and oxygen atoms in total. The number of rotatable bonds is 3. The fourth-order valence-electron chi connectivity index (χ4n) is 4.68. The van der Waals surface area contributed by atoms with Crippen molar-refractivity contribution in [1.82, 2.24) is 0 Å². The van der Waals surface area contributed by atoms with Crippen molar-refractivity contribution < 1.29 is 49.1 Å². The van der Waals surface area contributed by atoms with Crippen LogP contribution in [0.5, 0.6) is 0 Å². The van der Waals surface area contributed by atoms with Gasteiger partial charge in [-0.1, -0.05) is 12.1 Å². The van der Waals surface area contributed by atoms with Crippen molar-refractivity contribution in [3.63, 3.8) is 0 Å². The monoisotopic (exact) mass is 544 g/mol. The van der Waals surface area contributed by atoms with Gasteiger partial charge in [0.2, 0.25) is 0 Å². The Kier molecular flexibility index (Phi) is 6.41. The third-order valence-corrected chi connectivity index (χ3v) is 7.49. The summed E-state index contributed by atoms with van der Waals surface area (Å²) in [5, 5.41) is -3.01. The number of anilines is 2. The average Bonchev–Trinajstić information content (AvgIpc) is 3.29. The highest BCUT2D eigenvalue weighted by atomic mass is 32.2. The normalized spacial score (nSPS) is 19.1. The number of nitrogens with zero attached hydrogens (tertiary/aromatic N) is 2. The van der Waals surface area contributed by atoms with E-state index >= 15 is 0 Å². The topological polar surface area (TPSA) is 40.6 Å². The molecule has 4 rings (SSSR count). The predicted octanol–water partition coefficient (Wildman–Crippen LogP) is 6.67. The highest BCUT2D eigenvalue weighted by Gasteiger charge is 2.48. The summed E-state index contributed by atoms with van der Waals surface area (Å²) in [7, 11) is 1.31. The minimum absolute atomic E-state index is 0.174. The van der Waals surface area contributed by atoms with Crippen LogP contribution < -0.4 is 9.80 Å². The number of benzene rings is 2. The molecule has 1 saturated heterocycles. The summed E-state index contributed by atoms with van der Waals surface area (Å²) in [6.45, 7) is 0.349. The minimum Gasteiger partial charge on any atom is -0.370 e. The van der Waals surface area contributed by atoms with Gasteiger partial charge in [-0.2, -0.15) is 39.5 Å². The Balaban J connectivity index is 2.18. The summed E-state index contributed by atoms with van der Waals surface area (Å²) in [6.07, 6.45) is -14.8. The van der Waals surface area contributed by atoms with Crippen LogP contribution in [0.2, 0.25) is 0 Å². The molecule has 0 bridgehead atoms. The Bertz CT molecular complexity index is 1230. The molecule has 2 heterocycles. The van der Waals surface area contributed by atoms with E-state index in [0.717, 1.165) is 12.1 Å². The fourth-order valence-corrected chi connectivity index (χ4v) is 5.74. The lowest BCUT2D eigenvalue weighted by atomic mass is 9.89. The van der Waals surface area contributed by atoms with E-state index in [1.807, 2.05) is 0 Å². The first kappa shape index (κ1) is 26.4. The average molecular weight is 544 g/mol. The minimum atomic E-state index is -5.56. The molecule has 0 amide bonds. The lowest BCUT2D eigenvalue weighted by molar-refractivity contribution is -0.129. The molecule has 0 saturated carbocycles. The van der Waals surface area contributed by atoms with Gasteiger partial charge in [-0.25, -0.2) is 0 Å². The number of carbonyl (C=O) groups excluding carboxylic acids is 2.